The third kappa shape index (κ3) is 2.27. The topological polar surface area (TPSA) is 59.0 Å². The molecule has 1 heterocycles. The van der Waals surface area contributed by atoms with E-state index in [-0.39, 0.29) is 18.3 Å². The summed E-state index contributed by atoms with van der Waals surface area (Å²) in [6.45, 7) is 2.05. The average molecular weight is 184 g/mol. The smallest absolute Gasteiger partial charge is 0.314 e. The molecule has 0 bridgehead atoms. The van der Waals surface area contributed by atoms with Gasteiger partial charge in [0.25, 0.3) is 0 Å². The van der Waals surface area contributed by atoms with Crippen LogP contribution in [-0.2, 0) is 14.3 Å². The van der Waals surface area contributed by atoms with Crippen molar-refractivity contribution in [2.24, 2.45) is 11.0 Å². The van der Waals surface area contributed by atoms with Crippen LogP contribution in [0.2, 0.25) is 0 Å². The van der Waals surface area contributed by atoms with Gasteiger partial charge in [0.05, 0.1) is 6.61 Å². The van der Waals surface area contributed by atoms with Gasteiger partial charge in [0.1, 0.15) is 5.92 Å². The summed E-state index contributed by atoms with van der Waals surface area (Å²) in [5.41, 5.74) is 0. The first-order chi connectivity index (χ1) is 6.15. The molecule has 0 aliphatic carbocycles. The highest BCUT2D eigenvalue weighted by Crippen LogP contribution is 2.10. The molecule has 0 saturated carbocycles. The van der Waals surface area contributed by atoms with Crippen molar-refractivity contribution in [2.45, 2.75) is 13.3 Å². The fourth-order valence-corrected chi connectivity index (χ4v) is 1.01. The average Bonchev–Trinajstić information content (AvgIpc) is 2.10. The molecule has 1 unspecified atom stereocenters. The predicted molar refractivity (Wildman–Crippen MR) is 46.0 cm³/mol. The maximum Gasteiger partial charge on any atom is 0.314 e. The molecule has 0 fully saturated rings. The molecule has 1 atom stereocenters. The summed E-state index contributed by atoms with van der Waals surface area (Å²) >= 11 is 0. The zero-order chi connectivity index (χ0) is 9.84. The lowest BCUT2D eigenvalue weighted by Gasteiger charge is -2.19. The maximum atomic E-state index is 11.2. The molecule has 1 aliphatic heterocycles. The summed E-state index contributed by atoms with van der Waals surface area (Å²) in [4.78, 5) is 22.3. The van der Waals surface area contributed by atoms with E-state index in [0.29, 0.717) is 6.61 Å². The number of amides is 1. The van der Waals surface area contributed by atoms with Crippen LogP contribution in [0.15, 0.2) is 5.10 Å². The molecule has 13 heavy (non-hydrogen) atoms. The van der Waals surface area contributed by atoms with E-state index < -0.39 is 5.92 Å². The maximum absolute atomic E-state index is 11.2. The number of nitrogens with zero attached hydrogens (tertiary/aromatic N) is 2. The Morgan fingerprint density at radius 3 is 3.08 bits per heavy atom. The van der Waals surface area contributed by atoms with Crippen LogP contribution < -0.4 is 0 Å². The molecular formula is C8H12N2O3. The number of rotatable bonds is 2. The summed E-state index contributed by atoms with van der Waals surface area (Å²) in [5.74, 6) is -1.06. The van der Waals surface area contributed by atoms with Crippen molar-refractivity contribution < 1.29 is 14.3 Å². The molecule has 0 radical (unpaired) electrons. The molecule has 0 N–H and O–H groups in total. The van der Waals surface area contributed by atoms with Crippen LogP contribution in [0.4, 0.5) is 0 Å². The molecule has 0 aromatic carbocycles. The minimum absolute atomic E-state index is 0.152. The summed E-state index contributed by atoms with van der Waals surface area (Å²) in [7, 11) is 1.56. The van der Waals surface area contributed by atoms with Crippen molar-refractivity contribution in [1.82, 2.24) is 5.01 Å². The minimum Gasteiger partial charge on any atom is -0.465 e. The van der Waals surface area contributed by atoms with Crippen LogP contribution in [-0.4, -0.2) is 36.8 Å². The van der Waals surface area contributed by atoms with Gasteiger partial charge in [-0.05, 0) is 6.92 Å². The SMILES string of the molecule is CCOC(=O)C1C=NN(C)C(=O)C1. The summed E-state index contributed by atoms with van der Waals surface area (Å²) in [6, 6.07) is 0. The second kappa shape index (κ2) is 4.02. The Morgan fingerprint density at radius 1 is 1.85 bits per heavy atom. The number of carbonyl (C=O) groups is 2. The lowest BCUT2D eigenvalue weighted by atomic mass is 10.1. The van der Waals surface area contributed by atoms with Gasteiger partial charge in [-0.15, -0.1) is 0 Å². The van der Waals surface area contributed by atoms with E-state index in [1.807, 2.05) is 0 Å². The normalized spacial score (nSPS) is 21.8. The van der Waals surface area contributed by atoms with Crippen LogP contribution in [0.1, 0.15) is 13.3 Å². The predicted octanol–water partition coefficient (Wildman–Crippen LogP) is 0.0136. The van der Waals surface area contributed by atoms with Crippen molar-refractivity contribution in [2.75, 3.05) is 13.7 Å². The fraction of sp³-hybridized carbons (Fsp3) is 0.625. The Hall–Kier alpha value is -1.39. The first-order valence-electron chi connectivity index (χ1n) is 4.12. The Morgan fingerprint density at radius 2 is 2.54 bits per heavy atom. The second-order valence-electron chi connectivity index (χ2n) is 2.74. The molecular weight excluding hydrogens is 172 g/mol. The van der Waals surface area contributed by atoms with E-state index in [9.17, 15) is 9.59 Å². The zero-order valence-electron chi connectivity index (χ0n) is 7.69. The number of hydrogen-bond acceptors (Lipinski definition) is 4. The lowest BCUT2D eigenvalue weighted by Crippen LogP contribution is -2.33. The third-order valence-corrected chi connectivity index (χ3v) is 1.76. The van der Waals surface area contributed by atoms with Gasteiger partial charge < -0.3 is 4.74 Å². The van der Waals surface area contributed by atoms with Gasteiger partial charge in [-0.25, -0.2) is 5.01 Å². The molecule has 1 amide bonds. The van der Waals surface area contributed by atoms with Crippen LogP contribution in [0.25, 0.3) is 0 Å². The van der Waals surface area contributed by atoms with E-state index in [2.05, 4.69) is 5.10 Å². The van der Waals surface area contributed by atoms with Crippen molar-refractivity contribution in [3.8, 4) is 0 Å². The quantitative estimate of drug-likeness (QED) is 0.568. The molecule has 0 aromatic rings. The monoisotopic (exact) mass is 184 g/mol. The summed E-state index contributed by atoms with van der Waals surface area (Å²) < 4.78 is 4.76. The molecule has 0 spiro atoms. The fourth-order valence-electron chi connectivity index (χ4n) is 1.01. The third-order valence-electron chi connectivity index (χ3n) is 1.76. The Kier molecular flexibility index (Phi) is 3.00. The van der Waals surface area contributed by atoms with Gasteiger partial charge in [0, 0.05) is 19.7 Å². The van der Waals surface area contributed by atoms with Gasteiger partial charge >= 0.3 is 5.97 Å². The largest absolute Gasteiger partial charge is 0.465 e. The highest BCUT2D eigenvalue weighted by atomic mass is 16.5. The summed E-state index contributed by atoms with van der Waals surface area (Å²) in [5, 5.41) is 4.97. The van der Waals surface area contributed by atoms with Crippen LogP contribution in [0, 0.1) is 5.92 Å². The van der Waals surface area contributed by atoms with Gasteiger partial charge in [-0.2, -0.15) is 5.10 Å². The Labute approximate surface area is 76.3 Å². The van der Waals surface area contributed by atoms with Crippen molar-refractivity contribution in [3.05, 3.63) is 0 Å². The van der Waals surface area contributed by atoms with Gasteiger partial charge in [-0.1, -0.05) is 0 Å². The van der Waals surface area contributed by atoms with E-state index in [4.69, 9.17) is 4.74 Å². The zero-order valence-corrected chi connectivity index (χ0v) is 7.69. The van der Waals surface area contributed by atoms with E-state index in [0.717, 1.165) is 0 Å². The highest BCUT2D eigenvalue weighted by molar-refractivity contribution is 5.96. The molecule has 0 aromatic heterocycles. The molecule has 1 aliphatic rings. The Balaban J connectivity index is 2.59. The molecule has 5 heteroatoms. The molecule has 1 rings (SSSR count). The number of ether oxygens (including phenoxy) is 1. The van der Waals surface area contributed by atoms with Crippen molar-refractivity contribution in [3.63, 3.8) is 0 Å². The van der Waals surface area contributed by atoms with Crippen molar-refractivity contribution in [1.29, 1.82) is 0 Å². The second-order valence-corrected chi connectivity index (χ2v) is 2.74. The van der Waals surface area contributed by atoms with E-state index in [1.54, 1.807) is 14.0 Å². The van der Waals surface area contributed by atoms with Crippen LogP contribution in [0.5, 0.6) is 0 Å². The number of hydrogen-bond donors (Lipinski definition) is 0. The van der Waals surface area contributed by atoms with Gasteiger partial charge in [0.15, 0.2) is 0 Å². The lowest BCUT2D eigenvalue weighted by molar-refractivity contribution is -0.148. The van der Waals surface area contributed by atoms with E-state index >= 15 is 0 Å². The Bertz CT molecular complexity index is 250. The standard InChI is InChI=1S/C8H12N2O3/c1-3-13-8(12)6-4-7(11)10(2)9-5-6/h5-6H,3-4H2,1-2H3. The molecule has 0 saturated heterocycles. The van der Waals surface area contributed by atoms with Crippen molar-refractivity contribution >= 4 is 18.1 Å². The highest BCUT2D eigenvalue weighted by Gasteiger charge is 2.26. The van der Waals surface area contributed by atoms with E-state index in [1.165, 1.54) is 11.2 Å². The van der Waals surface area contributed by atoms with Gasteiger partial charge in [0.2, 0.25) is 5.91 Å². The first kappa shape index (κ1) is 9.70. The first-order valence-corrected chi connectivity index (χ1v) is 4.12. The van der Waals surface area contributed by atoms with Crippen LogP contribution in [0.3, 0.4) is 0 Å². The number of carbonyl (C=O) groups excluding carboxylic acids is 2. The summed E-state index contributed by atoms with van der Waals surface area (Å²) in [6.07, 6.45) is 1.60. The van der Waals surface area contributed by atoms with Crippen LogP contribution >= 0.6 is 0 Å². The molecule has 5 nitrogen and oxygen atoms in total. The minimum atomic E-state index is -0.511. The molecule has 72 valence electrons. The van der Waals surface area contributed by atoms with Gasteiger partial charge in [-0.3, -0.25) is 9.59 Å². The number of hydrazone groups is 1. The number of esters is 1.